The predicted molar refractivity (Wildman–Crippen MR) is 107 cm³/mol. The highest BCUT2D eigenvalue weighted by molar-refractivity contribution is 7.15. The molecule has 0 unspecified atom stereocenters. The summed E-state index contributed by atoms with van der Waals surface area (Å²) < 4.78 is 0. The lowest BCUT2D eigenvalue weighted by Gasteiger charge is -2.12. The fourth-order valence-corrected chi connectivity index (χ4v) is 3.94. The van der Waals surface area contributed by atoms with Crippen molar-refractivity contribution in [1.29, 1.82) is 0 Å². The van der Waals surface area contributed by atoms with E-state index in [0.29, 0.717) is 16.3 Å². The Labute approximate surface area is 168 Å². The number of carbonyl (C=O) groups is 3. The minimum Gasteiger partial charge on any atom is -0.299 e. The molecule has 1 N–H and O–H groups in total. The van der Waals surface area contributed by atoms with E-state index in [0.717, 1.165) is 22.7 Å². The van der Waals surface area contributed by atoms with Crippen molar-refractivity contribution < 1.29 is 14.4 Å². The Kier molecular flexibility index (Phi) is 6.86. The quantitative estimate of drug-likeness (QED) is 0.485. The number of hydrogen-bond donors (Lipinski definition) is 1. The first-order valence-corrected chi connectivity index (χ1v) is 10.5. The third-order valence-corrected chi connectivity index (χ3v) is 5.54. The van der Waals surface area contributed by atoms with Crippen LogP contribution in [0.15, 0.2) is 24.3 Å². The van der Waals surface area contributed by atoms with Crippen molar-refractivity contribution in [2.75, 3.05) is 11.9 Å². The van der Waals surface area contributed by atoms with Crippen molar-refractivity contribution in [3.63, 3.8) is 0 Å². The highest BCUT2D eigenvalue weighted by atomic mass is 32.1. The normalized spacial score (nSPS) is 13.1. The average Bonchev–Trinajstić information content (AvgIpc) is 3.23. The monoisotopic (exact) mass is 400 g/mol. The minimum absolute atomic E-state index is 0.331. The summed E-state index contributed by atoms with van der Waals surface area (Å²) in [6.07, 6.45) is 8.09. The third kappa shape index (κ3) is 4.81. The van der Waals surface area contributed by atoms with Crippen molar-refractivity contribution in [2.45, 2.75) is 51.9 Å². The van der Waals surface area contributed by atoms with Crippen LogP contribution < -0.4 is 5.32 Å². The smallest absolute Gasteiger partial charge is 0.262 e. The van der Waals surface area contributed by atoms with Gasteiger partial charge in [0.15, 0.2) is 0 Å². The van der Waals surface area contributed by atoms with Crippen molar-refractivity contribution in [3.8, 4) is 0 Å². The van der Waals surface area contributed by atoms with Gasteiger partial charge in [-0.1, -0.05) is 62.5 Å². The summed E-state index contributed by atoms with van der Waals surface area (Å²) in [4.78, 5) is 37.8. The molecule has 0 bridgehead atoms. The first-order valence-electron chi connectivity index (χ1n) is 9.67. The first-order chi connectivity index (χ1) is 13.6. The number of hydrogen-bond acceptors (Lipinski definition) is 6. The highest BCUT2D eigenvalue weighted by Gasteiger charge is 2.36. The molecule has 1 aliphatic rings. The molecule has 28 heavy (non-hydrogen) atoms. The molecule has 0 atom stereocenters. The molecule has 0 fully saturated rings. The fourth-order valence-electron chi connectivity index (χ4n) is 3.15. The van der Waals surface area contributed by atoms with Crippen LogP contribution in [-0.4, -0.2) is 39.4 Å². The van der Waals surface area contributed by atoms with E-state index in [2.05, 4.69) is 22.4 Å². The average molecular weight is 401 g/mol. The van der Waals surface area contributed by atoms with E-state index in [1.165, 1.54) is 43.4 Å². The standard InChI is InChI=1S/C20H24N4O3S/c1-2-3-4-5-6-7-12-17-22-23-20(28-17)21-16(25)13-24-18(26)14-10-8-9-11-15(14)19(24)27/h8-11H,2-7,12-13H2,1H3,(H,21,23,25). The van der Waals surface area contributed by atoms with Gasteiger partial charge in [0, 0.05) is 6.42 Å². The molecular formula is C20H24N4O3S. The van der Waals surface area contributed by atoms with Gasteiger partial charge in [-0.15, -0.1) is 10.2 Å². The zero-order valence-electron chi connectivity index (χ0n) is 15.9. The molecule has 1 aromatic heterocycles. The summed E-state index contributed by atoms with van der Waals surface area (Å²) in [6.45, 7) is 1.87. The van der Waals surface area contributed by atoms with Crippen molar-refractivity contribution in [2.24, 2.45) is 0 Å². The van der Waals surface area contributed by atoms with Gasteiger partial charge in [-0.25, -0.2) is 0 Å². The summed E-state index contributed by atoms with van der Waals surface area (Å²) in [5, 5.41) is 12.0. The van der Waals surface area contributed by atoms with E-state index in [1.807, 2.05) is 0 Å². The number of rotatable bonds is 10. The van der Waals surface area contributed by atoms with Crippen LogP contribution >= 0.6 is 11.3 Å². The topological polar surface area (TPSA) is 92.3 Å². The number of anilines is 1. The van der Waals surface area contributed by atoms with Crippen LogP contribution in [-0.2, 0) is 11.2 Å². The van der Waals surface area contributed by atoms with Gasteiger partial charge in [0.2, 0.25) is 11.0 Å². The van der Waals surface area contributed by atoms with E-state index >= 15 is 0 Å². The van der Waals surface area contributed by atoms with Gasteiger partial charge in [-0.2, -0.15) is 0 Å². The summed E-state index contributed by atoms with van der Waals surface area (Å²) >= 11 is 1.33. The highest BCUT2D eigenvalue weighted by Crippen LogP contribution is 2.23. The Morgan fingerprint density at radius 3 is 2.32 bits per heavy atom. The Morgan fingerprint density at radius 2 is 1.64 bits per heavy atom. The molecule has 148 valence electrons. The number of fused-ring (bicyclic) bond motifs is 1. The van der Waals surface area contributed by atoms with E-state index in [-0.39, 0.29) is 6.54 Å². The summed E-state index contributed by atoms with van der Waals surface area (Å²) in [5.74, 6) is -1.36. The van der Waals surface area contributed by atoms with Crippen LogP contribution in [0.2, 0.25) is 0 Å². The van der Waals surface area contributed by atoms with Gasteiger partial charge in [0.05, 0.1) is 11.1 Å². The number of unbranched alkanes of at least 4 members (excludes halogenated alkanes) is 5. The van der Waals surface area contributed by atoms with Gasteiger partial charge < -0.3 is 0 Å². The number of nitrogens with zero attached hydrogens (tertiary/aromatic N) is 3. The third-order valence-electron chi connectivity index (χ3n) is 4.64. The van der Waals surface area contributed by atoms with E-state index in [1.54, 1.807) is 24.3 Å². The van der Waals surface area contributed by atoms with Gasteiger partial charge >= 0.3 is 0 Å². The van der Waals surface area contributed by atoms with Crippen LogP contribution in [0.3, 0.4) is 0 Å². The lowest BCUT2D eigenvalue weighted by Crippen LogP contribution is -2.37. The predicted octanol–water partition coefficient (Wildman–Crippen LogP) is 3.68. The summed E-state index contributed by atoms with van der Waals surface area (Å²) in [6, 6.07) is 6.57. The molecule has 8 heteroatoms. The van der Waals surface area contributed by atoms with E-state index in [9.17, 15) is 14.4 Å². The molecule has 7 nitrogen and oxygen atoms in total. The number of nitrogens with one attached hydrogen (secondary N) is 1. The van der Waals surface area contributed by atoms with Crippen LogP contribution in [0, 0.1) is 0 Å². The zero-order valence-corrected chi connectivity index (χ0v) is 16.8. The molecule has 3 amide bonds. The Hall–Kier alpha value is -2.61. The molecule has 0 spiro atoms. The second-order valence-corrected chi connectivity index (χ2v) is 7.87. The summed E-state index contributed by atoms with van der Waals surface area (Å²) in [7, 11) is 0. The maximum absolute atomic E-state index is 12.3. The summed E-state index contributed by atoms with van der Waals surface area (Å²) in [5.41, 5.74) is 0.662. The lowest BCUT2D eigenvalue weighted by molar-refractivity contribution is -0.116. The number of imide groups is 1. The molecular weight excluding hydrogens is 376 g/mol. The second-order valence-electron chi connectivity index (χ2n) is 6.81. The number of aromatic nitrogens is 2. The lowest BCUT2D eigenvalue weighted by atomic mass is 10.1. The second kappa shape index (κ2) is 9.54. The zero-order chi connectivity index (χ0) is 19.9. The molecule has 0 saturated heterocycles. The maximum atomic E-state index is 12.3. The Bertz CT molecular complexity index is 830. The first kappa shape index (κ1) is 20.1. The van der Waals surface area contributed by atoms with Gasteiger partial charge in [-0.05, 0) is 18.6 Å². The molecule has 0 radical (unpaired) electrons. The molecule has 0 aliphatic carbocycles. The molecule has 1 aliphatic heterocycles. The minimum atomic E-state index is -0.461. The van der Waals surface area contributed by atoms with Crippen LogP contribution in [0.5, 0.6) is 0 Å². The Morgan fingerprint density at radius 1 is 1.00 bits per heavy atom. The molecule has 3 rings (SSSR count). The van der Waals surface area contributed by atoms with Gasteiger partial charge in [0.25, 0.3) is 11.8 Å². The number of amides is 3. The van der Waals surface area contributed by atoms with Crippen molar-refractivity contribution in [3.05, 3.63) is 40.4 Å². The van der Waals surface area contributed by atoms with Crippen molar-refractivity contribution in [1.82, 2.24) is 15.1 Å². The van der Waals surface area contributed by atoms with E-state index in [4.69, 9.17) is 0 Å². The molecule has 2 aromatic rings. The SMILES string of the molecule is CCCCCCCCc1nnc(NC(=O)CN2C(=O)c3ccccc3C2=O)s1. The molecule has 0 saturated carbocycles. The van der Waals surface area contributed by atoms with Gasteiger partial charge in [0.1, 0.15) is 11.6 Å². The molecule has 1 aromatic carbocycles. The van der Waals surface area contributed by atoms with Crippen molar-refractivity contribution >= 4 is 34.2 Å². The van der Waals surface area contributed by atoms with E-state index < -0.39 is 17.7 Å². The fraction of sp³-hybridized carbons (Fsp3) is 0.450. The maximum Gasteiger partial charge on any atom is 0.262 e. The van der Waals surface area contributed by atoms with Gasteiger partial charge in [-0.3, -0.25) is 24.6 Å². The number of aryl methyl sites for hydroxylation is 1. The Balaban J connectivity index is 1.46. The molecule has 2 heterocycles. The number of benzene rings is 1. The van der Waals surface area contributed by atoms with Crippen LogP contribution in [0.4, 0.5) is 5.13 Å². The van der Waals surface area contributed by atoms with Crippen LogP contribution in [0.25, 0.3) is 0 Å². The van der Waals surface area contributed by atoms with Crippen LogP contribution in [0.1, 0.15) is 71.2 Å². The number of carbonyl (C=O) groups excluding carboxylic acids is 3. The largest absolute Gasteiger partial charge is 0.299 e.